The Balaban J connectivity index is 3.04. The molecule has 0 aliphatic carbocycles. The first-order valence-corrected chi connectivity index (χ1v) is 5.74. The minimum absolute atomic E-state index is 0.0497. The van der Waals surface area contributed by atoms with Gasteiger partial charge in [-0.2, -0.15) is 0 Å². The zero-order valence-electron chi connectivity index (χ0n) is 10.5. The molecule has 17 heavy (non-hydrogen) atoms. The van der Waals surface area contributed by atoms with E-state index in [1.54, 1.807) is 17.9 Å². The molecule has 4 heteroatoms. The number of nitrogens with two attached hydrogens (primary N) is 1. The van der Waals surface area contributed by atoms with Crippen LogP contribution in [0.5, 0.6) is 0 Å². The highest BCUT2D eigenvalue weighted by Crippen LogP contribution is 2.14. The Morgan fingerprint density at radius 2 is 2.12 bits per heavy atom. The van der Waals surface area contributed by atoms with Crippen LogP contribution in [0, 0.1) is 12.7 Å². The molecule has 0 saturated heterocycles. The van der Waals surface area contributed by atoms with Crippen LogP contribution in [0.25, 0.3) is 0 Å². The number of rotatable bonds is 4. The first-order chi connectivity index (χ1) is 7.97. The van der Waals surface area contributed by atoms with E-state index in [4.69, 9.17) is 5.73 Å². The number of aryl methyl sites for hydroxylation is 1. The molecule has 1 aromatic rings. The van der Waals surface area contributed by atoms with Gasteiger partial charge in [-0.1, -0.05) is 6.07 Å². The lowest BCUT2D eigenvalue weighted by Gasteiger charge is -2.26. The molecule has 3 nitrogen and oxygen atoms in total. The van der Waals surface area contributed by atoms with Crippen molar-refractivity contribution in [3.05, 3.63) is 35.1 Å². The van der Waals surface area contributed by atoms with E-state index < -0.39 is 5.82 Å². The molecule has 0 aliphatic rings. The molecule has 0 fully saturated rings. The normalized spacial score (nSPS) is 10.7. The fraction of sp³-hybridized carbons (Fsp3) is 0.462. The first kappa shape index (κ1) is 13.6. The minimum atomic E-state index is -0.393. The number of hydrogen-bond donors (Lipinski definition) is 1. The van der Waals surface area contributed by atoms with Crippen molar-refractivity contribution in [1.82, 2.24) is 4.90 Å². The van der Waals surface area contributed by atoms with Crippen molar-refractivity contribution < 1.29 is 9.18 Å². The second kappa shape index (κ2) is 5.77. The van der Waals surface area contributed by atoms with Gasteiger partial charge in [-0.25, -0.2) is 4.39 Å². The molecule has 1 amide bonds. The summed E-state index contributed by atoms with van der Waals surface area (Å²) in [5.41, 5.74) is 6.67. The van der Waals surface area contributed by atoms with Crippen LogP contribution < -0.4 is 5.73 Å². The maximum Gasteiger partial charge on any atom is 0.254 e. The Morgan fingerprint density at radius 1 is 1.47 bits per heavy atom. The van der Waals surface area contributed by atoms with E-state index >= 15 is 0 Å². The molecule has 0 unspecified atom stereocenters. The van der Waals surface area contributed by atoms with Crippen molar-refractivity contribution in [2.24, 2.45) is 5.73 Å². The first-order valence-electron chi connectivity index (χ1n) is 5.74. The number of amides is 1. The lowest BCUT2D eigenvalue weighted by atomic mass is 10.1. The smallest absolute Gasteiger partial charge is 0.254 e. The molecule has 0 saturated carbocycles. The number of benzene rings is 1. The van der Waals surface area contributed by atoms with E-state index in [9.17, 15) is 9.18 Å². The van der Waals surface area contributed by atoms with Crippen molar-refractivity contribution in [1.29, 1.82) is 0 Å². The van der Waals surface area contributed by atoms with Crippen molar-refractivity contribution >= 4 is 5.91 Å². The monoisotopic (exact) mass is 238 g/mol. The van der Waals surface area contributed by atoms with Crippen molar-refractivity contribution in [2.45, 2.75) is 26.8 Å². The van der Waals surface area contributed by atoms with Gasteiger partial charge in [0.05, 0.1) is 0 Å². The Bertz CT molecular complexity index is 404. The van der Waals surface area contributed by atoms with E-state index in [0.29, 0.717) is 18.7 Å². The van der Waals surface area contributed by atoms with Gasteiger partial charge in [-0.15, -0.1) is 0 Å². The SMILES string of the molecule is Cc1ccc(F)cc1C(=O)N(CCN)C(C)C. The quantitative estimate of drug-likeness (QED) is 0.871. The molecule has 0 aliphatic heterocycles. The fourth-order valence-corrected chi connectivity index (χ4v) is 1.71. The van der Waals surface area contributed by atoms with E-state index in [1.165, 1.54) is 12.1 Å². The highest BCUT2D eigenvalue weighted by atomic mass is 19.1. The number of carbonyl (C=O) groups is 1. The molecular weight excluding hydrogens is 219 g/mol. The Hall–Kier alpha value is -1.42. The summed E-state index contributed by atoms with van der Waals surface area (Å²) >= 11 is 0. The lowest BCUT2D eigenvalue weighted by molar-refractivity contribution is 0.0710. The third kappa shape index (κ3) is 3.27. The number of carbonyl (C=O) groups excluding carboxylic acids is 1. The van der Waals surface area contributed by atoms with Crippen molar-refractivity contribution in [3.8, 4) is 0 Å². The second-order valence-corrected chi connectivity index (χ2v) is 4.34. The zero-order chi connectivity index (χ0) is 13.0. The van der Waals surface area contributed by atoms with Crippen LogP contribution in [-0.4, -0.2) is 29.9 Å². The van der Waals surface area contributed by atoms with Gasteiger partial charge in [0, 0.05) is 24.7 Å². The van der Waals surface area contributed by atoms with Crippen LogP contribution in [0.2, 0.25) is 0 Å². The van der Waals surface area contributed by atoms with Gasteiger partial charge in [0.15, 0.2) is 0 Å². The van der Waals surface area contributed by atoms with Crippen LogP contribution in [0.3, 0.4) is 0 Å². The molecule has 2 N–H and O–H groups in total. The summed E-state index contributed by atoms with van der Waals surface area (Å²) in [6.45, 7) is 6.52. The molecule has 0 spiro atoms. The average molecular weight is 238 g/mol. The fourth-order valence-electron chi connectivity index (χ4n) is 1.71. The molecule has 0 heterocycles. The standard InChI is InChI=1S/C13H19FN2O/c1-9(2)16(7-6-15)13(17)12-8-11(14)5-4-10(12)3/h4-5,8-9H,6-7,15H2,1-3H3. The van der Waals surface area contributed by atoms with Crippen LogP contribution in [0.4, 0.5) is 4.39 Å². The molecule has 94 valence electrons. The zero-order valence-corrected chi connectivity index (χ0v) is 10.5. The summed E-state index contributed by atoms with van der Waals surface area (Å²) in [6, 6.07) is 4.30. The minimum Gasteiger partial charge on any atom is -0.335 e. The Kier molecular flexibility index (Phi) is 4.63. The van der Waals surface area contributed by atoms with Crippen molar-refractivity contribution in [3.63, 3.8) is 0 Å². The van der Waals surface area contributed by atoms with E-state index in [-0.39, 0.29) is 11.9 Å². The van der Waals surface area contributed by atoms with Gasteiger partial charge in [0.1, 0.15) is 5.82 Å². The van der Waals surface area contributed by atoms with Gasteiger partial charge in [-0.05, 0) is 38.5 Å². The maximum absolute atomic E-state index is 13.2. The largest absolute Gasteiger partial charge is 0.335 e. The topological polar surface area (TPSA) is 46.3 Å². The predicted molar refractivity (Wildman–Crippen MR) is 66.4 cm³/mol. The number of halogens is 1. The van der Waals surface area contributed by atoms with Gasteiger partial charge in [0.2, 0.25) is 0 Å². The Labute approximate surface area is 101 Å². The van der Waals surface area contributed by atoms with Gasteiger partial charge in [-0.3, -0.25) is 4.79 Å². The van der Waals surface area contributed by atoms with Gasteiger partial charge < -0.3 is 10.6 Å². The average Bonchev–Trinajstić information content (AvgIpc) is 2.28. The van der Waals surface area contributed by atoms with Crippen LogP contribution >= 0.6 is 0 Å². The molecule has 0 atom stereocenters. The summed E-state index contributed by atoms with van der Waals surface area (Å²) in [5, 5.41) is 0. The molecule has 1 rings (SSSR count). The van der Waals surface area contributed by atoms with E-state index in [2.05, 4.69) is 0 Å². The van der Waals surface area contributed by atoms with E-state index in [1.807, 2.05) is 13.8 Å². The molecule has 0 radical (unpaired) electrons. The molecule has 0 aromatic heterocycles. The predicted octanol–water partition coefficient (Wildman–Crippen LogP) is 1.94. The third-order valence-electron chi connectivity index (χ3n) is 2.68. The summed E-state index contributed by atoms with van der Waals surface area (Å²) in [5.74, 6) is -0.558. The number of hydrogen-bond acceptors (Lipinski definition) is 2. The highest BCUT2D eigenvalue weighted by Gasteiger charge is 2.19. The van der Waals surface area contributed by atoms with Crippen molar-refractivity contribution in [2.75, 3.05) is 13.1 Å². The summed E-state index contributed by atoms with van der Waals surface area (Å²) in [6.07, 6.45) is 0. The Morgan fingerprint density at radius 3 is 2.65 bits per heavy atom. The third-order valence-corrected chi connectivity index (χ3v) is 2.68. The summed E-state index contributed by atoms with van der Waals surface area (Å²) in [7, 11) is 0. The maximum atomic E-state index is 13.2. The van der Waals surface area contributed by atoms with Crippen LogP contribution in [0.15, 0.2) is 18.2 Å². The lowest BCUT2D eigenvalue weighted by Crippen LogP contribution is -2.40. The van der Waals surface area contributed by atoms with Gasteiger partial charge >= 0.3 is 0 Å². The molecule has 1 aromatic carbocycles. The second-order valence-electron chi connectivity index (χ2n) is 4.34. The van der Waals surface area contributed by atoms with Crippen LogP contribution in [-0.2, 0) is 0 Å². The van der Waals surface area contributed by atoms with Crippen LogP contribution in [0.1, 0.15) is 29.8 Å². The number of nitrogens with zero attached hydrogens (tertiary/aromatic N) is 1. The van der Waals surface area contributed by atoms with Gasteiger partial charge in [0.25, 0.3) is 5.91 Å². The summed E-state index contributed by atoms with van der Waals surface area (Å²) in [4.78, 5) is 13.9. The summed E-state index contributed by atoms with van der Waals surface area (Å²) < 4.78 is 13.2. The van der Waals surface area contributed by atoms with E-state index in [0.717, 1.165) is 5.56 Å². The molecule has 0 bridgehead atoms. The molecular formula is C13H19FN2O. The highest BCUT2D eigenvalue weighted by molar-refractivity contribution is 5.95.